The number of aryl methyl sites for hydroxylation is 2. The Morgan fingerprint density at radius 3 is 2.87 bits per heavy atom. The number of pyridine rings is 1. The van der Waals surface area contributed by atoms with Crippen molar-refractivity contribution < 1.29 is 9.18 Å². The SMILES string of the molecule is CCCc1nc2cc(C)ccn2c1C(=O)Nc1cccc(F)c1. The van der Waals surface area contributed by atoms with Crippen LogP contribution in [0, 0.1) is 12.7 Å². The van der Waals surface area contributed by atoms with E-state index in [2.05, 4.69) is 10.3 Å². The molecule has 2 aromatic heterocycles. The molecule has 0 saturated carbocycles. The van der Waals surface area contributed by atoms with E-state index in [-0.39, 0.29) is 11.7 Å². The molecule has 1 aromatic carbocycles. The minimum atomic E-state index is -0.384. The minimum absolute atomic E-state index is 0.282. The first-order valence-electron chi connectivity index (χ1n) is 7.63. The molecule has 0 radical (unpaired) electrons. The van der Waals surface area contributed by atoms with E-state index in [0.717, 1.165) is 23.3 Å². The lowest BCUT2D eigenvalue weighted by molar-refractivity contribution is 0.102. The van der Waals surface area contributed by atoms with Crippen LogP contribution in [-0.4, -0.2) is 15.3 Å². The van der Waals surface area contributed by atoms with Crippen LogP contribution in [0.2, 0.25) is 0 Å². The lowest BCUT2D eigenvalue weighted by atomic mass is 10.2. The van der Waals surface area contributed by atoms with Crippen molar-refractivity contribution in [1.82, 2.24) is 9.38 Å². The molecule has 4 nitrogen and oxygen atoms in total. The van der Waals surface area contributed by atoms with Crippen LogP contribution < -0.4 is 5.32 Å². The summed E-state index contributed by atoms with van der Waals surface area (Å²) in [4.78, 5) is 17.3. The van der Waals surface area contributed by atoms with Gasteiger partial charge in [0.1, 0.15) is 17.2 Å². The van der Waals surface area contributed by atoms with Crippen LogP contribution in [0.3, 0.4) is 0 Å². The van der Waals surface area contributed by atoms with Gasteiger partial charge in [-0.25, -0.2) is 9.37 Å². The fourth-order valence-electron chi connectivity index (χ4n) is 2.60. The highest BCUT2D eigenvalue weighted by molar-refractivity contribution is 6.04. The molecule has 3 aromatic rings. The van der Waals surface area contributed by atoms with Crippen molar-refractivity contribution in [3.8, 4) is 0 Å². The summed E-state index contributed by atoms with van der Waals surface area (Å²) in [7, 11) is 0. The molecule has 3 rings (SSSR count). The van der Waals surface area contributed by atoms with Crippen LogP contribution in [0.25, 0.3) is 5.65 Å². The van der Waals surface area contributed by atoms with Crippen molar-refractivity contribution in [3.63, 3.8) is 0 Å². The predicted octanol–water partition coefficient (Wildman–Crippen LogP) is 3.99. The Morgan fingerprint density at radius 1 is 1.30 bits per heavy atom. The molecule has 0 atom stereocenters. The van der Waals surface area contributed by atoms with Gasteiger partial charge in [0, 0.05) is 11.9 Å². The quantitative estimate of drug-likeness (QED) is 0.792. The molecule has 0 spiro atoms. The molecule has 1 amide bonds. The second-order valence-electron chi connectivity index (χ2n) is 5.55. The van der Waals surface area contributed by atoms with E-state index in [1.165, 1.54) is 12.1 Å². The number of hydrogen-bond acceptors (Lipinski definition) is 2. The Kier molecular flexibility index (Phi) is 4.10. The Labute approximate surface area is 134 Å². The third kappa shape index (κ3) is 3.08. The number of amides is 1. The largest absolute Gasteiger partial charge is 0.321 e. The second kappa shape index (κ2) is 6.20. The van der Waals surface area contributed by atoms with E-state index in [0.29, 0.717) is 17.8 Å². The van der Waals surface area contributed by atoms with Gasteiger partial charge in [-0.1, -0.05) is 19.4 Å². The number of nitrogens with one attached hydrogen (secondary N) is 1. The summed E-state index contributed by atoms with van der Waals surface area (Å²) in [6, 6.07) is 9.74. The summed E-state index contributed by atoms with van der Waals surface area (Å²) < 4.78 is 15.1. The van der Waals surface area contributed by atoms with Gasteiger partial charge in [0.15, 0.2) is 0 Å². The molecule has 118 valence electrons. The fraction of sp³-hybridized carbons (Fsp3) is 0.222. The van der Waals surface area contributed by atoms with Gasteiger partial charge >= 0.3 is 0 Å². The maximum atomic E-state index is 13.3. The number of carbonyl (C=O) groups is 1. The molecule has 0 aliphatic carbocycles. The average molecular weight is 311 g/mol. The number of fused-ring (bicyclic) bond motifs is 1. The van der Waals surface area contributed by atoms with Crippen LogP contribution in [0.1, 0.15) is 35.1 Å². The summed E-state index contributed by atoms with van der Waals surface area (Å²) in [5.41, 5.74) is 3.53. The smallest absolute Gasteiger partial charge is 0.274 e. The first-order chi connectivity index (χ1) is 11.1. The van der Waals surface area contributed by atoms with Gasteiger partial charge in [-0.15, -0.1) is 0 Å². The molecule has 2 heterocycles. The van der Waals surface area contributed by atoms with E-state index in [4.69, 9.17) is 0 Å². The third-order valence-corrected chi connectivity index (χ3v) is 3.64. The van der Waals surface area contributed by atoms with E-state index >= 15 is 0 Å². The fourth-order valence-corrected chi connectivity index (χ4v) is 2.60. The van der Waals surface area contributed by atoms with E-state index in [1.54, 1.807) is 16.5 Å². The molecule has 0 fully saturated rings. The zero-order chi connectivity index (χ0) is 16.4. The van der Waals surface area contributed by atoms with Crippen LogP contribution >= 0.6 is 0 Å². The van der Waals surface area contributed by atoms with Gasteiger partial charge in [-0.05, 0) is 49.2 Å². The zero-order valence-electron chi connectivity index (χ0n) is 13.1. The maximum absolute atomic E-state index is 13.3. The number of aromatic nitrogens is 2. The Bertz CT molecular complexity index is 870. The lowest BCUT2D eigenvalue weighted by Crippen LogP contribution is -2.16. The van der Waals surface area contributed by atoms with Crippen LogP contribution in [0.15, 0.2) is 42.6 Å². The van der Waals surface area contributed by atoms with Gasteiger partial charge in [0.25, 0.3) is 5.91 Å². The normalized spacial score (nSPS) is 10.9. The number of imidazole rings is 1. The Hall–Kier alpha value is -2.69. The van der Waals surface area contributed by atoms with E-state index < -0.39 is 0 Å². The number of carbonyl (C=O) groups excluding carboxylic acids is 1. The van der Waals surface area contributed by atoms with Gasteiger partial charge in [0.2, 0.25) is 0 Å². The number of anilines is 1. The first-order valence-corrected chi connectivity index (χ1v) is 7.63. The first kappa shape index (κ1) is 15.2. The number of rotatable bonds is 4. The summed E-state index contributed by atoms with van der Waals surface area (Å²) >= 11 is 0. The molecular formula is C18H18FN3O. The molecular weight excluding hydrogens is 293 g/mol. The highest BCUT2D eigenvalue weighted by Crippen LogP contribution is 2.18. The van der Waals surface area contributed by atoms with Gasteiger partial charge in [-0.2, -0.15) is 0 Å². The molecule has 0 aliphatic rings. The Balaban J connectivity index is 2.02. The minimum Gasteiger partial charge on any atom is -0.321 e. The van der Waals surface area contributed by atoms with Crippen molar-refractivity contribution in [2.75, 3.05) is 5.32 Å². The lowest BCUT2D eigenvalue weighted by Gasteiger charge is -2.07. The summed E-state index contributed by atoms with van der Waals surface area (Å²) in [5, 5.41) is 2.75. The molecule has 0 saturated heterocycles. The maximum Gasteiger partial charge on any atom is 0.274 e. The topological polar surface area (TPSA) is 46.4 Å². The van der Waals surface area contributed by atoms with Gasteiger partial charge in [-0.3, -0.25) is 9.20 Å². The van der Waals surface area contributed by atoms with Crippen molar-refractivity contribution in [2.45, 2.75) is 26.7 Å². The highest BCUT2D eigenvalue weighted by atomic mass is 19.1. The molecule has 23 heavy (non-hydrogen) atoms. The van der Waals surface area contributed by atoms with Gasteiger partial charge < -0.3 is 5.32 Å². The number of benzene rings is 1. The van der Waals surface area contributed by atoms with E-state index in [1.807, 2.05) is 32.2 Å². The van der Waals surface area contributed by atoms with Gasteiger partial charge in [0.05, 0.1) is 5.69 Å². The Morgan fingerprint density at radius 2 is 2.13 bits per heavy atom. The molecule has 0 aliphatic heterocycles. The van der Waals surface area contributed by atoms with Crippen molar-refractivity contribution in [3.05, 3.63) is 65.4 Å². The summed E-state index contributed by atoms with van der Waals surface area (Å²) in [6.45, 7) is 4.03. The summed E-state index contributed by atoms with van der Waals surface area (Å²) in [5.74, 6) is -0.666. The molecule has 0 unspecified atom stereocenters. The average Bonchev–Trinajstić information content (AvgIpc) is 2.84. The number of hydrogen-bond donors (Lipinski definition) is 1. The molecule has 1 N–H and O–H groups in total. The van der Waals surface area contributed by atoms with E-state index in [9.17, 15) is 9.18 Å². The van der Waals surface area contributed by atoms with Crippen LogP contribution in [0.4, 0.5) is 10.1 Å². The van der Waals surface area contributed by atoms with Crippen molar-refractivity contribution in [2.24, 2.45) is 0 Å². The third-order valence-electron chi connectivity index (χ3n) is 3.64. The number of nitrogens with zero attached hydrogens (tertiary/aromatic N) is 2. The monoisotopic (exact) mass is 311 g/mol. The van der Waals surface area contributed by atoms with Crippen molar-refractivity contribution in [1.29, 1.82) is 0 Å². The predicted molar refractivity (Wildman–Crippen MR) is 88.3 cm³/mol. The van der Waals surface area contributed by atoms with Crippen molar-refractivity contribution >= 4 is 17.2 Å². The standard InChI is InChI=1S/C18H18FN3O/c1-3-5-15-17(22-9-8-12(2)10-16(22)21-15)18(23)20-14-7-4-6-13(19)11-14/h4,6-11H,3,5H2,1-2H3,(H,20,23). The number of halogens is 1. The summed E-state index contributed by atoms with van der Waals surface area (Å²) in [6.07, 6.45) is 3.45. The van der Waals surface area contributed by atoms with Crippen LogP contribution in [0.5, 0.6) is 0 Å². The highest BCUT2D eigenvalue weighted by Gasteiger charge is 2.19. The molecule has 5 heteroatoms. The second-order valence-corrected chi connectivity index (χ2v) is 5.55. The molecule has 0 bridgehead atoms. The zero-order valence-corrected chi connectivity index (χ0v) is 13.1. The van der Waals surface area contributed by atoms with Crippen LogP contribution in [-0.2, 0) is 6.42 Å².